The number of nitrogens with zero attached hydrogens (tertiary/aromatic N) is 2. The summed E-state index contributed by atoms with van der Waals surface area (Å²) < 4.78 is 5.39. The summed E-state index contributed by atoms with van der Waals surface area (Å²) in [6.45, 7) is 5.11. The monoisotopic (exact) mass is 446 g/mol. The van der Waals surface area contributed by atoms with Gasteiger partial charge in [0.25, 0.3) is 0 Å². The van der Waals surface area contributed by atoms with Crippen LogP contribution in [0.5, 0.6) is 0 Å². The van der Waals surface area contributed by atoms with Crippen molar-refractivity contribution in [2.24, 2.45) is 0 Å². The second-order valence-electron chi connectivity index (χ2n) is 8.30. The van der Waals surface area contributed by atoms with E-state index >= 15 is 0 Å². The number of carbonyl (C=O) groups excluding carboxylic acids is 2. The molecule has 0 aromatic heterocycles. The van der Waals surface area contributed by atoms with Crippen molar-refractivity contribution < 1.29 is 14.3 Å². The van der Waals surface area contributed by atoms with Gasteiger partial charge in [-0.15, -0.1) is 0 Å². The topological polar surface area (TPSA) is 73.9 Å². The van der Waals surface area contributed by atoms with Gasteiger partial charge in [0.05, 0.1) is 25.8 Å². The van der Waals surface area contributed by atoms with Crippen molar-refractivity contribution in [2.75, 3.05) is 55.4 Å². The first-order chi connectivity index (χ1) is 16.0. The lowest BCUT2D eigenvalue weighted by molar-refractivity contribution is -0.122. The van der Waals surface area contributed by atoms with E-state index < -0.39 is 6.04 Å². The molecule has 7 nitrogen and oxygen atoms in total. The molecular formula is C26H30N4O3. The number of hydrogen-bond acceptors (Lipinski definition) is 5. The molecule has 2 amide bonds. The molecule has 4 rings (SSSR count). The van der Waals surface area contributed by atoms with Crippen LogP contribution in [0.3, 0.4) is 0 Å². The Kier molecular flexibility index (Phi) is 7.22. The van der Waals surface area contributed by atoms with Crippen LogP contribution in [0.2, 0.25) is 0 Å². The van der Waals surface area contributed by atoms with Crippen LogP contribution in [0.1, 0.15) is 6.92 Å². The lowest BCUT2D eigenvalue weighted by Gasteiger charge is -2.29. The maximum atomic E-state index is 12.8. The smallest absolute Gasteiger partial charge is 0.241 e. The number of carbonyl (C=O) groups is 2. The highest BCUT2D eigenvalue weighted by molar-refractivity contribution is 6.04. The standard InChI is InChI=1S/C26H30N4O3/c1-19(26(32)28-24-9-5-7-20-6-3-4-8-23(20)24)29(2)18-25(31)27-21-10-12-22(13-11-21)30-14-16-33-17-15-30/h3-13,19H,14-18H2,1-2H3,(H,27,31)(H,28,32)/t19-/m1/s1. The summed E-state index contributed by atoms with van der Waals surface area (Å²) in [6.07, 6.45) is 0. The summed E-state index contributed by atoms with van der Waals surface area (Å²) in [5.41, 5.74) is 2.62. The van der Waals surface area contributed by atoms with Crippen molar-refractivity contribution >= 4 is 39.6 Å². The lowest BCUT2D eigenvalue weighted by Crippen LogP contribution is -2.43. The molecule has 1 atom stereocenters. The van der Waals surface area contributed by atoms with Crippen LogP contribution in [0, 0.1) is 0 Å². The van der Waals surface area contributed by atoms with E-state index in [9.17, 15) is 9.59 Å². The van der Waals surface area contributed by atoms with Gasteiger partial charge in [-0.3, -0.25) is 14.5 Å². The number of anilines is 3. The number of hydrogen-bond donors (Lipinski definition) is 2. The second-order valence-corrected chi connectivity index (χ2v) is 8.30. The van der Waals surface area contributed by atoms with Crippen molar-refractivity contribution in [1.82, 2.24) is 4.90 Å². The zero-order chi connectivity index (χ0) is 23.2. The Morgan fingerprint density at radius 3 is 2.42 bits per heavy atom. The van der Waals surface area contributed by atoms with Crippen LogP contribution in [0.4, 0.5) is 17.1 Å². The molecule has 0 spiro atoms. The number of benzene rings is 3. The van der Waals surface area contributed by atoms with E-state index in [-0.39, 0.29) is 18.4 Å². The zero-order valence-electron chi connectivity index (χ0n) is 19.1. The molecule has 1 fully saturated rings. The van der Waals surface area contributed by atoms with Gasteiger partial charge >= 0.3 is 0 Å². The van der Waals surface area contributed by atoms with Crippen LogP contribution in [0.15, 0.2) is 66.7 Å². The van der Waals surface area contributed by atoms with Gasteiger partial charge < -0.3 is 20.3 Å². The number of nitrogens with one attached hydrogen (secondary N) is 2. The van der Waals surface area contributed by atoms with Gasteiger partial charge in [-0.25, -0.2) is 0 Å². The molecule has 1 heterocycles. The number of amides is 2. The van der Waals surface area contributed by atoms with Gasteiger partial charge in [0, 0.05) is 35.5 Å². The quantitative estimate of drug-likeness (QED) is 0.580. The van der Waals surface area contributed by atoms with E-state index in [0.29, 0.717) is 0 Å². The van der Waals surface area contributed by atoms with E-state index in [2.05, 4.69) is 15.5 Å². The molecule has 1 aliphatic heterocycles. The summed E-state index contributed by atoms with van der Waals surface area (Å²) in [5.74, 6) is -0.321. The Balaban J connectivity index is 1.31. The molecule has 0 radical (unpaired) electrons. The minimum absolute atomic E-state index is 0.106. The fraction of sp³-hybridized carbons (Fsp3) is 0.308. The molecule has 172 valence electrons. The highest BCUT2D eigenvalue weighted by Gasteiger charge is 2.21. The number of ether oxygens (including phenoxy) is 1. The minimum Gasteiger partial charge on any atom is -0.378 e. The third-order valence-corrected chi connectivity index (χ3v) is 6.01. The Hall–Kier alpha value is -3.42. The number of morpholine rings is 1. The largest absolute Gasteiger partial charge is 0.378 e. The van der Waals surface area contributed by atoms with E-state index in [1.807, 2.05) is 66.7 Å². The van der Waals surface area contributed by atoms with Crippen LogP contribution < -0.4 is 15.5 Å². The summed E-state index contributed by atoms with van der Waals surface area (Å²) in [6, 6.07) is 21.1. The maximum Gasteiger partial charge on any atom is 0.241 e. The van der Waals surface area contributed by atoms with Gasteiger partial charge in [-0.05, 0) is 49.7 Å². The van der Waals surface area contributed by atoms with Gasteiger partial charge in [0.1, 0.15) is 0 Å². The van der Waals surface area contributed by atoms with Crippen molar-refractivity contribution in [3.63, 3.8) is 0 Å². The highest BCUT2D eigenvalue weighted by Crippen LogP contribution is 2.23. The lowest BCUT2D eigenvalue weighted by atomic mass is 10.1. The van der Waals surface area contributed by atoms with Gasteiger partial charge in [0.15, 0.2) is 0 Å². The summed E-state index contributed by atoms with van der Waals surface area (Å²) in [5, 5.41) is 7.97. The highest BCUT2D eigenvalue weighted by atomic mass is 16.5. The van der Waals surface area contributed by atoms with E-state index in [1.54, 1.807) is 18.9 Å². The van der Waals surface area contributed by atoms with Gasteiger partial charge in [0.2, 0.25) is 11.8 Å². The molecule has 7 heteroatoms. The molecule has 0 saturated carbocycles. The third-order valence-electron chi connectivity index (χ3n) is 6.01. The summed E-state index contributed by atoms with van der Waals surface area (Å²) in [7, 11) is 1.77. The fourth-order valence-corrected chi connectivity index (χ4v) is 3.91. The van der Waals surface area contributed by atoms with Crippen molar-refractivity contribution in [3.8, 4) is 0 Å². The second kappa shape index (κ2) is 10.5. The minimum atomic E-state index is -0.474. The van der Waals surface area contributed by atoms with Crippen LogP contribution in [-0.2, 0) is 14.3 Å². The first-order valence-corrected chi connectivity index (χ1v) is 11.2. The molecular weight excluding hydrogens is 416 g/mol. The molecule has 3 aromatic rings. The van der Waals surface area contributed by atoms with Crippen LogP contribution in [0.25, 0.3) is 10.8 Å². The normalized spacial score (nSPS) is 14.8. The molecule has 3 aromatic carbocycles. The molecule has 1 saturated heterocycles. The van der Waals surface area contributed by atoms with Crippen LogP contribution >= 0.6 is 0 Å². The first kappa shape index (κ1) is 22.8. The summed E-state index contributed by atoms with van der Waals surface area (Å²) in [4.78, 5) is 29.4. The number of rotatable bonds is 7. The fourth-order valence-electron chi connectivity index (χ4n) is 3.91. The molecule has 33 heavy (non-hydrogen) atoms. The van der Waals surface area contributed by atoms with Gasteiger partial charge in [-0.2, -0.15) is 0 Å². The van der Waals surface area contributed by atoms with Crippen LogP contribution in [-0.4, -0.2) is 62.7 Å². The molecule has 2 N–H and O–H groups in total. The Bertz CT molecular complexity index is 1100. The predicted octanol–water partition coefficient (Wildman–Crippen LogP) is 3.57. The summed E-state index contributed by atoms with van der Waals surface area (Å²) >= 11 is 0. The number of likely N-dealkylation sites (N-methyl/N-ethyl adjacent to an activating group) is 1. The van der Waals surface area contributed by atoms with E-state index in [4.69, 9.17) is 4.74 Å². The van der Waals surface area contributed by atoms with Gasteiger partial charge in [-0.1, -0.05) is 36.4 Å². The van der Waals surface area contributed by atoms with E-state index in [1.165, 1.54) is 0 Å². The van der Waals surface area contributed by atoms with Crippen molar-refractivity contribution in [3.05, 3.63) is 66.7 Å². The molecule has 1 aliphatic rings. The predicted molar refractivity (Wildman–Crippen MR) is 133 cm³/mol. The molecule has 0 unspecified atom stereocenters. The Morgan fingerprint density at radius 2 is 1.67 bits per heavy atom. The van der Waals surface area contributed by atoms with E-state index in [0.717, 1.165) is 54.1 Å². The average Bonchev–Trinajstić information content (AvgIpc) is 2.84. The van der Waals surface area contributed by atoms with Crippen molar-refractivity contribution in [1.29, 1.82) is 0 Å². The Labute approximate surface area is 194 Å². The SMILES string of the molecule is C[C@H](C(=O)Nc1cccc2ccccc12)N(C)CC(=O)Nc1ccc(N2CCOCC2)cc1. The third kappa shape index (κ3) is 5.69. The molecule has 0 aliphatic carbocycles. The van der Waals surface area contributed by atoms with Crippen molar-refractivity contribution in [2.45, 2.75) is 13.0 Å². The first-order valence-electron chi connectivity index (χ1n) is 11.2. The number of fused-ring (bicyclic) bond motifs is 1. The molecule has 0 bridgehead atoms. The maximum absolute atomic E-state index is 12.8. The average molecular weight is 447 g/mol. The zero-order valence-corrected chi connectivity index (χ0v) is 19.1. The Morgan fingerprint density at radius 1 is 0.970 bits per heavy atom.